The van der Waals surface area contributed by atoms with Crippen LogP contribution < -0.4 is 15.0 Å². The number of nitrogens with zero attached hydrogens (tertiary/aromatic N) is 6. The maximum absolute atomic E-state index is 13.1. The highest BCUT2D eigenvalue weighted by atomic mass is 16.5. The van der Waals surface area contributed by atoms with Crippen molar-refractivity contribution in [3.05, 3.63) is 48.3 Å². The van der Waals surface area contributed by atoms with Crippen LogP contribution in [0.1, 0.15) is 23.2 Å². The van der Waals surface area contributed by atoms with Crippen molar-refractivity contribution < 1.29 is 9.53 Å². The molecule has 32 heavy (non-hydrogen) atoms. The highest BCUT2D eigenvalue weighted by molar-refractivity contribution is 6.06. The van der Waals surface area contributed by atoms with Crippen LogP contribution >= 0.6 is 0 Å². The number of pyridine rings is 1. The zero-order valence-corrected chi connectivity index (χ0v) is 18.2. The second kappa shape index (κ2) is 8.96. The lowest BCUT2D eigenvalue weighted by Gasteiger charge is -2.34. The van der Waals surface area contributed by atoms with Crippen molar-refractivity contribution in [2.75, 3.05) is 50.1 Å². The molecule has 9 nitrogen and oxygen atoms in total. The molecule has 5 rings (SSSR count). The van der Waals surface area contributed by atoms with Crippen molar-refractivity contribution in [2.24, 2.45) is 0 Å². The van der Waals surface area contributed by atoms with E-state index in [1.807, 2.05) is 34.9 Å². The highest BCUT2D eigenvalue weighted by Gasteiger charge is 2.20. The van der Waals surface area contributed by atoms with Gasteiger partial charge in [-0.05, 0) is 44.2 Å². The zero-order chi connectivity index (χ0) is 21.9. The molecule has 2 aliphatic heterocycles. The van der Waals surface area contributed by atoms with E-state index in [4.69, 9.17) is 4.74 Å². The molecule has 0 saturated carbocycles. The molecule has 1 N–H and O–H groups in total. The summed E-state index contributed by atoms with van der Waals surface area (Å²) in [5, 5.41) is 11.2. The predicted molar refractivity (Wildman–Crippen MR) is 122 cm³/mol. The minimum absolute atomic E-state index is 0.242. The van der Waals surface area contributed by atoms with Crippen molar-refractivity contribution in [3.63, 3.8) is 0 Å². The van der Waals surface area contributed by atoms with Gasteiger partial charge in [-0.2, -0.15) is 0 Å². The fourth-order valence-corrected chi connectivity index (χ4v) is 4.08. The standard InChI is InChI=1S/C23H27N7O2/c1-28-10-12-29(13-11-28)17-7-8-18-20(15-17)32-14-3-2-9-30-16-24-27-22(30)19-5-4-6-21(25-19)26-23(18)31/h4-8,15-16H,2-3,9-14H2,1H3,(H,25,26,31). The lowest BCUT2D eigenvalue weighted by atomic mass is 10.1. The number of rotatable bonds is 1. The Morgan fingerprint density at radius 3 is 2.78 bits per heavy atom. The SMILES string of the molecule is CN1CCN(c2ccc3c(c2)OCCCCn2cnnc2-c2cccc(n2)NC3=O)CC1. The molecule has 0 spiro atoms. The van der Waals surface area contributed by atoms with E-state index in [1.165, 1.54) is 0 Å². The van der Waals surface area contributed by atoms with Crippen LogP contribution in [0.5, 0.6) is 5.75 Å². The van der Waals surface area contributed by atoms with Crippen molar-refractivity contribution in [2.45, 2.75) is 19.4 Å². The topological polar surface area (TPSA) is 88.4 Å². The number of anilines is 2. The van der Waals surface area contributed by atoms with Crippen LogP contribution in [-0.2, 0) is 6.54 Å². The van der Waals surface area contributed by atoms with E-state index in [0.29, 0.717) is 35.3 Å². The number of benzene rings is 1. The summed E-state index contributed by atoms with van der Waals surface area (Å²) in [7, 11) is 2.14. The Balaban J connectivity index is 1.45. The lowest BCUT2D eigenvalue weighted by Crippen LogP contribution is -2.44. The molecular formula is C23H27N7O2. The van der Waals surface area contributed by atoms with Gasteiger partial charge in [-0.25, -0.2) is 4.98 Å². The number of aromatic nitrogens is 4. The lowest BCUT2D eigenvalue weighted by molar-refractivity contribution is 0.102. The minimum Gasteiger partial charge on any atom is -0.493 e. The van der Waals surface area contributed by atoms with Gasteiger partial charge in [0.25, 0.3) is 5.91 Å². The molecule has 0 unspecified atom stereocenters. The Kier molecular flexibility index (Phi) is 5.72. The number of fused-ring (bicyclic) bond motifs is 5. The number of carbonyl (C=O) groups excluding carboxylic acids is 1. The molecule has 1 fully saturated rings. The summed E-state index contributed by atoms with van der Waals surface area (Å²) in [6.45, 7) is 5.27. The van der Waals surface area contributed by atoms with Crippen LogP contribution in [-0.4, -0.2) is 70.4 Å². The number of nitrogens with one attached hydrogen (secondary N) is 1. The van der Waals surface area contributed by atoms with Gasteiger partial charge in [0, 0.05) is 44.5 Å². The van der Waals surface area contributed by atoms with E-state index < -0.39 is 0 Å². The molecule has 0 aliphatic carbocycles. The Morgan fingerprint density at radius 2 is 1.91 bits per heavy atom. The second-order valence-corrected chi connectivity index (χ2v) is 8.24. The van der Waals surface area contributed by atoms with Crippen molar-refractivity contribution in [3.8, 4) is 17.3 Å². The summed E-state index contributed by atoms with van der Waals surface area (Å²) in [5.74, 6) is 1.52. The average Bonchev–Trinajstić information content (AvgIpc) is 3.27. The Labute approximate surface area is 187 Å². The fraction of sp³-hybridized carbons (Fsp3) is 0.391. The first-order valence-corrected chi connectivity index (χ1v) is 11.0. The van der Waals surface area contributed by atoms with E-state index in [-0.39, 0.29) is 5.91 Å². The first-order valence-electron chi connectivity index (χ1n) is 11.0. The summed E-state index contributed by atoms with van der Waals surface area (Å²) < 4.78 is 8.11. The van der Waals surface area contributed by atoms with Crippen molar-refractivity contribution in [1.29, 1.82) is 0 Å². The van der Waals surface area contributed by atoms with Gasteiger partial charge in [-0.1, -0.05) is 6.07 Å². The third-order valence-corrected chi connectivity index (χ3v) is 5.96. The number of amides is 1. The summed E-state index contributed by atoms with van der Waals surface area (Å²) in [6, 6.07) is 11.4. The van der Waals surface area contributed by atoms with Gasteiger partial charge in [0.1, 0.15) is 23.6 Å². The van der Waals surface area contributed by atoms with Gasteiger partial charge in [0.15, 0.2) is 5.82 Å². The summed E-state index contributed by atoms with van der Waals surface area (Å²) in [4.78, 5) is 22.4. The van der Waals surface area contributed by atoms with Gasteiger partial charge in [0.2, 0.25) is 0 Å². The first-order chi connectivity index (χ1) is 15.7. The molecule has 2 aliphatic rings. The van der Waals surface area contributed by atoms with E-state index in [1.54, 1.807) is 12.4 Å². The van der Waals surface area contributed by atoms with E-state index in [2.05, 4.69) is 37.3 Å². The van der Waals surface area contributed by atoms with Gasteiger partial charge in [0.05, 0.1) is 12.2 Å². The van der Waals surface area contributed by atoms with E-state index in [9.17, 15) is 4.79 Å². The molecule has 4 heterocycles. The molecule has 1 saturated heterocycles. The number of ether oxygens (including phenoxy) is 1. The molecule has 3 aromatic rings. The maximum Gasteiger partial charge on any atom is 0.260 e. The average molecular weight is 434 g/mol. The third-order valence-electron chi connectivity index (χ3n) is 5.96. The molecule has 1 aromatic carbocycles. The summed E-state index contributed by atoms with van der Waals surface area (Å²) in [6.07, 6.45) is 3.47. The molecule has 2 aromatic heterocycles. The Bertz CT molecular complexity index is 1110. The Hall–Kier alpha value is -3.46. The van der Waals surface area contributed by atoms with Gasteiger partial charge in [-0.3, -0.25) is 4.79 Å². The van der Waals surface area contributed by atoms with Crippen LogP contribution in [0.2, 0.25) is 0 Å². The molecule has 9 heteroatoms. The van der Waals surface area contributed by atoms with Crippen LogP contribution in [0.25, 0.3) is 11.5 Å². The zero-order valence-electron chi connectivity index (χ0n) is 18.2. The quantitative estimate of drug-likeness (QED) is 0.631. The molecular weight excluding hydrogens is 406 g/mol. The number of piperazine rings is 1. The second-order valence-electron chi connectivity index (χ2n) is 8.24. The number of hydrogen-bond acceptors (Lipinski definition) is 7. The summed E-state index contributed by atoms with van der Waals surface area (Å²) >= 11 is 0. The predicted octanol–water partition coefficient (Wildman–Crippen LogP) is 2.52. The molecule has 2 bridgehead atoms. The van der Waals surface area contributed by atoms with E-state index >= 15 is 0 Å². The highest BCUT2D eigenvalue weighted by Crippen LogP contribution is 2.28. The Morgan fingerprint density at radius 1 is 1.03 bits per heavy atom. The summed E-state index contributed by atoms with van der Waals surface area (Å²) in [5.41, 5.74) is 2.27. The molecule has 0 radical (unpaired) electrons. The largest absolute Gasteiger partial charge is 0.493 e. The number of likely N-dealkylation sites (N-methyl/N-ethyl adjacent to an activating group) is 1. The van der Waals surface area contributed by atoms with Crippen LogP contribution in [0.3, 0.4) is 0 Å². The first kappa shape index (κ1) is 20.4. The monoisotopic (exact) mass is 433 g/mol. The van der Waals surface area contributed by atoms with Crippen LogP contribution in [0.15, 0.2) is 42.7 Å². The van der Waals surface area contributed by atoms with Crippen molar-refractivity contribution in [1.82, 2.24) is 24.6 Å². The van der Waals surface area contributed by atoms with Gasteiger partial charge in [-0.15, -0.1) is 10.2 Å². The number of aryl methyl sites for hydroxylation is 1. The number of hydrogen-bond donors (Lipinski definition) is 1. The molecule has 0 atom stereocenters. The normalized spacial score (nSPS) is 17.5. The van der Waals surface area contributed by atoms with Crippen LogP contribution in [0.4, 0.5) is 11.5 Å². The minimum atomic E-state index is -0.242. The van der Waals surface area contributed by atoms with Crippen molar-refractivity contribution >= 4 is 17.4 Å². The van der Waals surface area contributed by atoms with Gasteiger partial charge >= 0.3 is 0 Å². The maximum atomic E-state index is 13.1. The molecule has 166 valence electrons. The van der Waals surface area contributed by atoms with Gasteiger partial charge < -0.3 is 24.4 Å². The number of carbonyl (C=O) groups is 1. The molecule has 1 amide bonds. The van der Waals surface area contributed by atoms with Crippen LogP contribution in [0, 0.1) is 0 Å². The third kappa shape index (κ3) is 4.29. The fourth-order valence-electron chi connectivity index (χ4n) is 4.08. The van der Waals surface area contributed by atoms with E-state index in [0.717, 1.165) is 51.3 Å². The smallest absolute Gasteiger partial charge is 0.260 e.